The van der Waals surface area contributed by atoms with Gasteiger partial charge in [-0.1, -0.05) is 19.1 Å². The van der Waals surface area contributed by atoms with Gasteiger partial charge in [0.15, 0.2) is 5.78 Å². The van der Waals surface area contributed by atoms with Gasteiger partial charge in [-0.15, -0.1) is 0 Å². The molecular formula is C22H23N3O2. The highest BCUT2D eigenvalue weighted by Gasteiger charge is 2.16. The van der Waals surface area contributed by atoms with Gasteiger partial charge < -0.3 is 9.72 Å². The molecule has 3 aromatic heterocycles. The number of allylic oxidation sites excluding steroid dienone is 1. The molecule has 3 heterocycles. The molecule has 3 aromatic rings. The van der Waals surface area contributed by atoms with Crippen LogP contribution in [0, 0.1) is 0 Å². The van der Waals surface area contributed by atoms with E-state index in [0.717, 1.165) is 31.4 Å². The molecule has 0 aliphatic carbocycles. The zero-order valence-corrected chi connectivity index (χ0v) is 15.4. The van der Waals surface area contributed by atoms with Gasteiger partial charge in [0.25, 0.3) is 0 Å². The highest BCUT2D eigenvalue weighted by atomic mass is 16.1. The fourth-order valence-corrected chi connectivity index (χ4v) is 2.87. The van der Waals surface area contributed by atoms with Gasteiger partial charge in [-0.25, -0.2) is 0 Å². The Morgan fingerprint density at radius 2 is 2.04 bits per heavy atom. The summed E-state index contributed by atoms with van der Waals surface area (Å²) in [4.78, 5) is 29.6. The fraction of sp³-hybridized carbons (Fsp3) is 0.227. The zero-order chi connectivity index (χ0) is 19.1. The van der Waals surface area contributed by atoms with Crippen molar-refractivity contribution in [3.05, 3.63) is 84.0 Å². The number of ketones is 2. The molecule has 0 unspecified atom stereocenters. The number of carbonyl (C=O) groups excluding carboxylic acids is 2. The molecule has 0 radical (unpaired) electrons. The van der Waals surface area contributed by atoms with Gasteiger partial charge >= 0.3 is 0 Å². The van der Waals surface area contributed by atoms with Crippen LogP contribution in [0.3, 0.4) is 0 Å². The number of hydrogen-bond acceptors (Lipinski definition) is 4. The molecule has 27 heavy (non-hydrogen) atoms. The number of fused-ring (bicyclic) bond motifs is 1. The molecule has 138 valence electrons. The van der Waals surface area contributed by atoms with Gasteiger partial charge in [0.1, 0.15) is 5.69 Å². The summed E-state index contributed by atoms with van der Waals surface area (Å²) >= 11 is 0. The topological polar surface area (TPSA) is 63.5 Å². The maximum Gasteiger partial charge on any atom is 0.228 e. The average Bonchev–Trinajstić information content (AvgIpc) is 3.18. The van der Waals surface area contributed by atoms with Gasteiger partial charge in [0.05, 0.1) is 5.69 Å². The Morgan fingerprint density at radius 3 is 2.81 bits per heavy atom. The smallest absolute Gasteiger partial charge is 0.228 e. The van der Waals surface area contributed by atoms with Crippen molar-refractivity contribution in [3.63, 3.8) is 0 Å². The molecular weight excluding hydrogens is 338 g/mol. The predicted molar refractivity (Wildman–Crippen MR) is 106 cm³/mol. The average molecular weight is 361 g/mol. The monoisotopic (exact) mass is 361 g/mol. The summed E-state index contributed by atoms with van der Waals surface area (Å²) in [7, 11) is 0. The molecule has 0 spiro atoms. The second-order valence-electron chi connectivity index (χ2n) is 6.28. The zero-order valence-electron chi connectivity index (χ0n) is 15.4. The summed E-state index contributed by atoms with van der Waals surface area (Å²) in [5.41, 5.74) is 2.09. The van der Waals surface area contributed by atoms with Crippen LogP contribution >= 0.6 is 0 Å². The van der Waals surface area contributed by atoms with Crippen LogP contribution in [-0.4, -0.2) is 34.0 Å². The molecule has 0 bridgehead atoms. The Kier molecular flexibility index (Phi) is 6.28. The normalized spacial score (nSPS) is 11.3. The summed E-state index contributed by atoms with van der Waals surface area (Å²) in [6.07, 6.45) is 8.73. The van der Waals surface area contributed by atoms with Crippen molar-refractivity contribution in [2.45, 2.75) is 19.8 Å². The van der Waals surface area contributed by atoms with E-state index >= 15 is 0 Å². The lowest BCUT2D eigenvalue weighted by Crippen LogP contribution is -2.15. The highest BCUT2D eigenvalue weighted by Crippen LogP contribution is 2.17. The Balaban J connectivity index is 1.84. The molecule has 3 rings (SSSR count). The standard InChI is InChI=1S/C22H23N3O2/c1-2-11-23-12-5-4-10-21(26)17-15-18-8-7-14-25(18)20(16-17)22(27)19-9-3-6-13-24-19/h3-4,6-10,13-16,23H,2,5,11-12H2,1H3/b10-4-. The van der Waals surface area contributed by atoms with E-state index < -0.39 is 0 Å². The number of aromatic nitrogens is 2. The van der Waals surface area contributed by atoms with Crippen molar-refractivity contribution in [2.24, 2.45) is 0 Å². The molecule has 0 aliphatic heterocycles. The number of rotatable bonds is 9. The minimum atomic E-state index is -0.209. The molecule has 0 amide bonds. The van der Waals surface area contributed by atoms with Crippen molar-refractivity contribution in [1.29, 1.82) is 0 Å². The second kappa shape index (κ2) is 9.05. The number of nitrogens with one attached hydrogen (secondary N) is 1. The Labute approximate surface area is 158 Å². The minimum absolute atomic E-state index is 0.107. The Hall–Kier alpha value is -3.05. The van der Waals surface area contributed by atoms with E-state index in [9.17, 15) is 9.59 Å². The van der Waals surface area contributed by atoms with Crippen molar-refractivity contribution >= 4 is 17.1 Å². The first-order chi connectivity index (χ1) is 13.2. The minimum Gasteiger partial charge on any atom is -0.316 e. The molecule has 1 N–H and O–H groups in total. The van der Waals surface area contributed by atoms with E-state index in [4.69, 9.17) is 0 Å². The quantitative estimate of drug-likeness (QED) is 0.359. The van der Waals surface area contributed by atoms with Crippen LogP contribution in [0.1, 0.15) is 46.3 Å². The third-order valence-electron chi connectivity index (χ3n) is 4.23. The Morgan fingerprint density at radius 1 is 1.15 bits per heavy atom. The number of carbonyl (C=O) groups is 2. The lowest BCUT2D eigenvalue weighted by atomic mass is 10.1. The van der Waals surface area contributed by atoms with Crippen molar-refractivity contribution < 1.29 is 9.59 Å². The van der Waals surface area contributed by atoms with Crippen molar-refractivity contribution in [1.82, 2.24) is 14.7 Å². The van der Waals surface area contributed by atoms with Gasteiger partial charge in [0, 0.05) is 23.5 Å². The van der Waals surface area contributed by atoms with E-state index in [2.05, 4.69) is 17.2 Å². The first-order valence-corrected chi connectivity index (χ1v) is 9.19. The largest absolute Gasteiger partial charge is 0.316 e. The highest BCUT2D eigenvalue weighted by molar-refractivity contribution is 6.10. The van der Waals surface area contributed by atoms with Crippen LogP contribution in [0.15, 0.2) is 67.0 Å². The van der Waals surface area contributed by atoms with Crippen LogP contribution in [0.4, 0.5) is 0 Å². The maximum absolute atomic E-state index is 12.9. The molecule has 0 aromatic carbocycles. The maximum atomic E-state index is 12.9. The van der Waals surface area contributed by atoms with E-state index in [1.807, 2.05) is 24.4 Å². The summed E-state index contributed by atoms with van der Waals surface area (Å²) in [6, 6.07) is 12.4. The third kappa shape index (κ3) is 4.57. The van der Waals surface area contributed by atoms with Gasteiger partial charge in [-0.05, 0) is 68.4 Å². The number of pyridine rings is 2. The summed E-state index contributed by atoms with van der Waals surface area (Å²) in [5, 5.41) is 3.29. The lowest BCUT2D eigenvalue weighted by Gasteiger charge is -2.08. The number of nitrogens with zero attached hydrogens (tertiary/aromatic N) is 2. The van der Waals surface area contributed by atoms with E-state index in [0.29, 0.717) is 17.0 Å². The van der Waals surface area contributed by atoms with Crippen molar-refractivity contribution in [3.8, 4) is 0 Å². The summed E-state index contributed by atoms with van der Waals surface area (Å²) in [5.74, 6) is -0.316. The van der Waals surface area contributed by atoms with E-state index in [-0.39, 0.29) is 11.6 Å². The fourth-order valence-electron chi connectivity index (χ4n) is 2.87. The van der Waals surface area contributed by atoms with Crippen molar-refractivity contribution in [2.75, 3.05) is 13.1 Å². The van der Waals surface area contributed by atoms with Crippen LogP contribution in [-0.2, 0) is 0 Å². The molecule has 0 fully saturated rings. The van der Waals surface area contributed by atoms with Gasteiger partial charge in [-0.2, -0.15) is 0 Å². The van der Waals surface area contributed by atoms with Crippen LogP contribution in [0.5, 0.6) is 0 Å². The SMILES string of the molecule is CCCNCC/C=C\C(=O)c1cc(C(=O)c2ccccn2)n2cccc2c1. The summed E-state index contributed by atoms with van der Waals surface area (Å²) < 4.78 is 1.78. The van der Waals surface area contributed by atoms with Crippen LogP contribution < -0.4 is 5.32 Å². The molecule has 0 aliphatic rings. The molecule has 5 heteroatoms. The molecule has 0 saturated carbocycles. The van der Waals surface area contributed by atoms with Crippen LogP contribution in [0.25, 0.3) is 5.52 Å². The van der Waals surface area contributed by atoms with Gasteiger partial charge in [0.2, 0.25) is 5.78 Å². The van der Waals surface area contributed by atoms with Gasteiger partial charge in [-0.3, -0.25) is 14.6 Å². The molecule has 5 nitrogen and oxygen atoms in total. The van der Waals surface area contributed by atoms with E-state index in [1.54, 1.807) is 47.0 Å². The van der Waals surface area contributed by atoms with Crippen LogP contribution in [0.2, 0.25) is 0 Å². The second-order valence-corrected chi connectivity index (χ2v) is 6.28. The predicted octanol–water partition coefficient (Wildman–Crippen LogP) is 3.69. The molecule has 0 atom stereocenters. The molecule has 0 saturated heterocycles. The Bertz CT molecular complexity index is 958. The summed E-state index contributed by atoms with van der Waals surface area (Å²) in [6.45, 7) is 3.94. The first kappa shape index (κ1) is 18.7. The third-order valence-corrected chi connectivity index (χ3v) is 4.23. The number of hydrogen-bond donors (Lipinski definition) is 1. The van der Waals surface area contributed by atoms with E-state index in [1.165, 1.54) is 0 Å². The first-order valence-electron chi connectivity index (χ1n) is 9.19. The lowest BCUT2D eigenvalue weighted by molar-refractivity contribution is 0.102.